The standard InChI is InChI=1S/C15H31N3O/c1-3-18(4-2)12-6-11-17-15(19)9-8-14-7-5-10-16-13-14/h14,16H,3-13H2,1-2H3,(H,17,19). The van der Waals surface area contributed by atoms with Crippen molar-refractivity contribution in [3.63, 3.8) is 0 Å². The summed E-state index contributed by atoms with van der Waals surface area (Å²) >= 11 is 0. The molecule has 4 heteroatoms. The third-order valence-corrected chi connectivity index (χ3v) is 4.05. The highest BCUT2D eigenvalue weighted by Gasteiger charge is 2.14. The first kappa shape index (κ1) is 16.4. The number of amides is 1. The summed E-state index contributed by atoms with van der Waals surface area (Å²) in [6, 6.07) is 0. The molecule has 0 aromatic carbocycles. The molecule has 1 fully saturated rings. The van der Waals surface area contributed by atoms with Gasteiger partial charge in [-0.05, 0) is 64.3 Å². The second kappa shape index (κ2) is 10.2. The van der Waals surface area contributed by atoms with Crippen LogP contribution in [0.2, 0.25) is 0 Å². The Labute approximate surface area is 118 Å². The average molecular weight is 269 g/mol. The zero-order valence-corrected chi connectivity index (χ0v) is 12.7. The van der Waals surface area contributed by atoms with Gasteiger partial charge < -0.3 is 15.5 Å². The van der Waals surface area contributed by atoms with Crippen molar-refractivity contribution in [2.75, 3.05) is 39.3 Å². The number of nitrogens with zero attached hydrogens (tertiary/aromatic N) is 1. The molecule has 1 amide bonds. The van der Waals surface area contributed by atoms with Gasteiger partial charge in [0.2, 0.25) is 5.91 Å². The van der Waals surface area contributed by atoms with Crippen LogP contribution in [0, 0.1) is 5.92 Å². The van der Waals surface area contributed by atoms with E-state index in [9.17, 15) is 4.79 Å². The fourth-order valence-corrected chi connectivity index (χ4v) is 2.66. The van der Waals surface area contributed by atoms with Crippen LogP contribution < -0.4 is 10.6 Å². The molecule has 0 aromatic heterocycles. The summed E-state index contributed by atoms with van der Waals surface area (Å²) in [6.07, 6.45) is 5.32. The molecule has 0 radical (unpaired) electrons. The van der Waals surface area contributed by atoms with Gasteiger partial charge in [0, 0.05) is 13.0 Å². The van der Waals surface area contributed by atoms with Crippen molar-refractivity contribution in [2.24, 2.45) is 5.92 Å². The molecule has 112 valence electrons. The third-order valence-electron chi connectivity index (χ3n) is 4.05. The van der Waals surface area contributed by atoms with E-state index in [1.807, 2.05) is 0 Å². The van der Waals surface area contributed by atoms with Crippen molar-refractivity contribution in [3.8, 4) is 0 Å². The van der Waals surface area contributed by atoms with E-state index in [1.165, 1.54) is 12.8 Å². The van der Waals surface area contributed by atoms with Crippen molar-refractivity contribution in [1.29, 1.82) is 0 Å². The van der Waals surface area contributed by atoms with Crippen molar-refractivity contribution >= 4 is 5.91 Å². The molecule has 1 heterocycles. The number of piperidine rings is 1. The first-order chi connectivity index (χ1) is 9.26. The van der Waals surface area contributed by atoms with Crippen molar-refractivity contribution in [2.45, 2.75) is 46.0 Å². The molecule has 0 spiro atoms. The number of carbonyl (C=O) groups excluding carboxylic acids is 1. The van der Waals surface area contributed by atoms with Gasteiger partial charge in [0.15, 0.2) is 0 Å². The molecule has 0 aromatic rings. The summed E-state index contributed by atoms with van der Waals surface area (Å²) in [5.74, 6) is 0.931. The van der Waals surface area contributed by atoms with E-state index in [1.54, 1.807) is 0 Å². The zero-order valence-electron chi connectivity index (χ0n) is 12.7. The molecule has 1 aliphatic rings. The lowest BCUT2D eigenvalue weighted by Gasteiger charge is -2.22. The van der Waals surface area contributed by atoms with E-state index in [0.717, 1.165) is 52.1 Å². The van der Waals surface area contributed by atoms with Crippen LogP contribution in [0.1, 0.15) is 46.0 Å². The maximum atomic E-state index is 11.7. The SMILES string of the molecule is CCN(CC)CCCNC(=O)CCC1CCCNC1. The quantitative estimate of drug-likeness (QED) is 0.625. The second-order valence-corrected chi connectivity index (χ2v) is 5.48. The molecule has 19 heavy (non-hydrogen) atoms. The van der Waals surface area contributed by atoms with Gasteiger partial charge in [-0.15, -0.1) is 0 Å². The molecule has 1 aliphatic heterocycles. The third kappa shape index (κ3) is 7.53. The average Bonchev–Trinajstić information content (AvgIpc) is 2.46. The Morgan fingerprint density at radius 3 is 2.79 bits per heavy atom. The highest BCUT2D eigenvalue weighted by molar-refractivity contribution is 5.75. The largest absolute Gasteiger partial charge is 0.356 e. The summed E-state index contributed by atoms with van der Waals surface area (Å²) in [6.45, 7) is 10.7. The van der Waals surface area contributed by atoms with Gasteiger partial charge in [-0.1, -0.05) is 13.8 Å². The lowest BCUT2D eigenvalue weighted by molar-refractivity contribution is -0.121. The van der Waals surface area contributed by atoms with Crippen LogP contribution in [0.15, 0.2) is 0 Å². The van der Waals surface area contributed by atoms with Crippen LogP contribution in [0.4, 0.5) is 0 Å². The van der Waals surface area contributed by atoms with Crippen LogP contribution >= 0.6 is 0 Å². The van der Waals surface area contributed by atoms with E-state index in [-0.39, 0.29) is 5.91 Å². The first-order valence-electron chi connectivity index (χ1n) is 7.96. The molecule has 0 aliphatic carbocycles. The Kier molecular flexibility index (Phi) is 8.84. The number of carbonyl (C=O) groups is 1. The monoisotopic (exact) mass is 269 g/mol. The van der Waals surface area contributed by atoms with E-state index < -0.39 is 0 Å². The summed E-state index contributed by atoms with van der Waals surface area (Å²) < 4.78 is 0. The van der Waals surface area contributed by atoms with Crippen molar-refractivity contribution < 1.29 is 4.79 Å². The zero-order chi connectivity index (χ0) is 13.9. The smallest absolute Gasteiger partial charge is 0.220 e. The Balaban J connectivity index is 1.98. The molecule has 2 N–H and O–H groups in total. The minimum Gasteiger partial charge on any atom is -0.356 e. The van der Waals surface area contributed by atoms with Gasteiger partial charge in [-0.3, -0.25) is 4.79 Å². The highest BCUT2D eigenvalue weighted by atomic mass is 16.1. The van der Waals surface area contributed by atoms with Crippen LogP contribution in [0.5, 0.6) is 0 Å². The Hall–Kier alpha value is -0.610. The predicted octanol–water partition coefficient (Wildman–Crippen LogP) is 1.61. The van der Waals surface area contributed by atoms with Gasteiger partial charge in [-0.25, -0.2) is 0 Å². The summed E-state index contributed by atoms with van der Waals surface area (Å²) in [4.78, 5) is 14.1. The van der Waals surface area contributed by atoms with Gasteiger partial charge in [-0.2, -0.15) is 0 Å². The lowest BCUT2D eigenvalue weighted by Crippen LogP contribution is -2.32. The minimum absolute atomic E-state index is 0.227. The molecule has 0 bridgehead atoms. The minimum atomic E-state index is 0.227. The highest BCUT2D eigenvalue weighted by Crippen LogP contribution is 2.15. The lowest BCUT2D eigenvalue weighted by atomic mass is 9.94. The molecule has 4 nitrogen and oxygen atoms in total. The van der Waals surface area contributed by atoms with Crippen molar-refractivity contribution in [1.82, 2.24) is 15.5 Å². The van der Waals surface area contributed by atoms with Gasteiger partial charge in [0.1, 0.15) is 0 Å². The van der Waals surface area contributed by atoms with Crippen LogP contribution in [0.25, 0.3) is 0 Å². The number of hydrogen-bond acceptors (Lipinski definition) is 3. The fourth-order valence-electron chi connectivity index (χ4n) is 2.66. The Morgan fingerprint density at radius 2 is 2.16 bits per heavy atom. The van der Waals surface area contributed by atoms with Crippen LogP contribution in [-0.4, -0.2) is 50.1 Å². The summed E-state index contributed by atoms with van der Waals surface area (Å²) in [7, 11) is 0. The normalized spacial score (nSPS) is 19.6. The molecule has 0 saturated carbocycles. The predicted molar refractivity (Wildman–Crippen MR) is 80.2 cm³/mol. The van der Waals surface area contributed by atoms with Gasteiger partial charge in [0.05, 0.1) is 0 Å². The molecule has 1 rings (SSSR count). The number of nitrogens with one attached hydrogen (secondary N) is 2. The summed E-state index contributed by atoms with van der Waals surface area (Å²) in [5.41, 5.74) is 0. The first-order valence-corrected chi connectivity index (χ1v) is 7.96. The molecule has 1 saturated heterocycles. The van der Waals surface area contributed by atoms with Gasteiger partial charge >= 0.3 is 0 Å². The second-order valence-electron chi connectivity index (χ2n) is 5.48. The molecule has 1 unspecified atom stereocenters. The topological polar surface area (TPSA) is 44.4 Å². The molecule has 1 atom stereocenters. The van der Waals surface area contributed by atoms with E-state index in [2.05, 4.69) is 29.4 Å². The maximum Gasteiger partial charge on any atom is 0.220 e. The van der Waals surface area contributed by atoms with Gasteiger partial charge in [0.25, 0.3) is 0 Å². The number of rotatable bonds is 9. The maximum absolute atomic E-state index is 11.7. The number of hydrogen-bond donors (Lipinski definition) is 2. The fraction of sp³-hybridized carbons (Fsp3) is 0.933. The molecular formula is C15H31N3O. The van der Waals surface area contributed by atoms with E-state index in [0.29, 0.717) is 12.3 Å². The summed E-state index contributed by atoms with van der Waals surface area (Å²) in [5, 5.41) is 6.44. The molecular weight excluding hydrogens is 238 g/mol. The Bertz CT molecular complexity index is 236. The van der Waals surface area contributed by atoms with Crippen LogP contribution in [0.3, 0.4) is 0 Å². The van der Waals surface area contributed by atoms with E-state index in [4.69, 9.17) is 0 Å². The van der Waals surface area contributed by atoms with E-state index >= 15 is 0 Å². The Morgan fingerprint density at radius 1 is 1.37 bits per heavy atom. The van der Waals surface area contributed by atoms with Crippen LogP contribution in [-0.2, 0) is 4.79 Å². The van der Waals surface area contributed by atoms with Crippen molar-refractivity contribution in [3.05, 3.63) is 0 Å².